The zero-order chi connectivity index (χ0) is 11.9. The van der Waals surface area contributed by atoms with E-state index in [0.717, 1.165) is 17.3 Å². The largest absolute Gasteiger partial charge is 0.369 e. The highest BCUT2D eigenvalue weighted by Crippen LogP contribution is 2.41. The SMILES string of the molecule is NC1=NCC2(CCCC2)N1c1ccc(Cl)cc1. The lowest BCUT2D eigenvalue weighted by molar-refractivity contribution is 0.472. The van der Waals surface area contributed by atoms with Crippen LogP contribution < -0.4 is 10.6 Å². The van der Waals surface area contributed by atoms with Crippen molar-refractivity contribution in [2.24, 2.45) is 10.7 Å². The molecule has 1 aromatic rings. The topological polar surface area (TPSA) is 41.6 Å². The summed E-state index contributed by atoms with van der Waals surface area (Å²) in [6.07, 6.45) is 4.90. The molecule has 1 heterocycles. The van der Waals surface area contributed by atoms with E-state index in [4.69, 9.17) is 17.3 Å². The average Bonchev–Trinajstić information content (AvgIpc) is 2.91. The van der Waals surface area contributed by atoms with Gasteiger partial charge in [-0.25, -0.2) is 0 Å². The summed E-state index contributed by atoms with van der Waals surface area (Å²) < 4.78 is 0. The number of rotatable bonds is 1. The van der Waals surface area contributed by atoms with Crippen LogP contribution in [0.2, 0.25) is 5.02 Å². The Morgan fingerprint density at radius 1 is 1.18 bits per heavy atom. The Balaban J connectivity index is 1.98. The number of nitrogens with two attached hydrogens (primary N) is 1. The van der Waals surface area contributed by atoms with Gasteiger partial charge < -0.3 is 10.6 Å². The Morgan fingerprint density at radius 3 is 2.47 bits per heavy atom. The molecule has 1 aliphatic carbocycles. The van der Waals surface area contributed by atoms with Crippen molar-refractivity contribution in [2.75, 3.05) is 11.4 Å². The molecule has 1 aromatic carbocycles. The van der Waals surface area contributed by atoms with Crippen molar-refractivity contribution >= 4 is 23.2 Å². The number of nitrogens with zero attached hydrogens (tertiary/aromatic N) is 2. The first-order valence-electron chi connectivity index (χ1n) is 6.07. The number of benzene rings is 1. The first kappa shape index (κ1) is 10.9. The summed E-state index contributed by atoms with van der Waals surface area (Å²) >= 11 is 5.93. The zero-order valence-corrected chi connectivity index (χ0v) is 10.5. The molecule has 0 atom stereocenters. The molecule has 1 fully saturated rings. The summed E-state index contributed by atoms with van der Waals surface area (Å²) in [5, 5.41) is 0.754. The standard InChI is InChI=1S/C13H16ClN3/c14-10-3-5-11(6-4-10)17-12(15)16-9-13(17)7-1-2-8-13/h3-6H,1-2,7-9H2,(H2,15,16). The predicted molar refractivity (Wildman–Crippen MR) is 71.6 cm³/mol. The van der Waals surface area contributed by atoms with Crippen molar-refractivity contribution < 1.29 is 0 Å². The van der Waals surface area contributed by atoms with Crippen LogP contribution >= 0.6 is 11.6 Å². The van der Waals surface area contributed by atoms with Gasteiger partial charge in [0.2, 0.25) is 0 Å². The lowest BCUT2D eigenvalue weighted by Gasteiger charge is -2.36. The van der Waals surface area contributed by atoms with Crippen molar-refractivity contribution in [1.29, 1.82) is 0 Å². The number of guanidine groups is 1. The molecule has 0 bridgehead atoms. The molecule has 90 valence electrons. The Labute approximate surface area is 106 Å². The molecule has 0 saturated heterocycles. The maximum absolute atomic E-state index is 6.05. The summed E-state index contributed by atoms with van der Waals surface area (Å²) in [5.74, 6) is 0.647. The maximum atomic E-state index is 6.05. The van der Waals surface area contributed by atoms with Gasteiger partial charge in [0.25, 0.3) is 0 Å². The summed E-state index contributed by atoms with van der Waals surface area (Å²) in [4.78, 5) is 6.64. The Kier molecular flexibility index (Phi) is 2.51. The van der Waals surface area contributed by atoms with Crippen molar-refractivity contribution in [3.63, 3.8) is 0 Å². The van der Waals surface area contributed by atoms with E-state index in [9.17, 15) is 0 Å². The summed E-state index contributed by atoms with van der Waals surface area (Å²) in [5.41, 5.74) is 7.29. The summed E-state index contributed by atoms with van der Waals surface area (Å²) in [6, 6.07) is 7.86. The van der Waals surface area contributed by atoms with Crippen LogP contribution in [0.15, 0.2) is 29.3 Å². The molecule has 1 aliphatic heterocycles. The van der Waals surface area contributed by atoms with Gasteiger partial charge in [-0.15, -0.1) is 0 Å². The van der Waals surface area contributed by atoms with E-state index >= 15 is 0 Å². The predicted octanol–water partition coefficient (Wildman–Crippen LogP) is 2.79. The maximum Gasteiger partial charge on any atom is 0.196 e. The molecule has 1 saturated carbocycles. The van der Waals surface area contributed by atoms with Crippen LogP contribution in [-0.2, 0) is 0 Å². The molecule has 0 aromatic heterocycles. The van der Waals surface area contributed by atoms with Gasteiger partial charge in [-0.2, -0.15) is 0 Å². The minimum atomic E-state index is 0.137. The second-order valence-electron chi connectivity index (χ2n) is 4.92. The van der Waals surface area contributed by atoms with E-state index in [1.807, 2.05) is 24.3 Å². The number of halogens is 1. The first-order chi connectivity index (χ1) is 8.21. The monoisotopic (exact) mass is 249 g/mol. The van der Waals surface area contributed by atoms with Gasteiger partial charge >= 0.3 is 0 Å². The van der Waals surface area contributed by atoms with Gasteiger partial charge in [-0.05, 0) is 37.1 Å². The number of hydrogen-bond donors (Lipinski definition) is 1. The van der Waals surface area contributed by atoms with Gasteiger partial charge in [0.15, 0.2) is 5.96 Å². The van der Waals surface area contributed by atoms with E-state index in [1.165, 1.54) is 25.7 Å². The third kappa shape index (κ3) is 1.69. The van der Waals surface area contributed by atoms with Gasteiger partial charge in [0.1, 0.15) is 0 Å². The van der Waals surface area contributed by atoms with Crippen molar-refractivity contribution in [3.8, 4) is 0 Å². The van der Waals surface area contributed by atoms with Crippen LogP contribution in [0, 0.1) is 0 Å². The fourth-order valence-electron chi connectivity index (χ4n) is 3.02. The molecule has 0 radical (unpaired) electrons. The van der Waals surface area contributed by atoms with Crippen molar-refractivity contribution in [3.05, 3.63) is 29.3 Å². The number of anilines is 1. The van der Waals surface area contributed by atoms with Crippen molar-refractivity contribution in [1.82, 2.24) is 0 Å². The minimum absolute atomic E-state index is 0.137. The molecule has 0 unspecified atom stereocenters. The van der Waals surface area contributed by atoms with Crippen LogP contribution in [0.5, 0.6) is 0 Å². The smallest absolute Gasteiger partial charge is 0.196 e. The third-order valence-corrected chi connectivity index (χ3v) is 4.11. The third-order valence-electron chi connectivity index (χ3n) is 3.86. The normalized spacial score (nSPS) is 22.2. The Bertz CT molecular complexity index is 446. The minimum Gasteiger partial charge on any atom is -0.369 e. The summed E-state index contributed by atoms with van der Waals surface area (Å²) in [7, 11) is 0. The Morgan fingerprint density at radius 2 is 1.82 bits per heavy atom. The lowest BCUT2D eigenvalue weighted by Crippen LogP contribution is -2.50. The van der Waals surface area contributed by atoms with Gasteiger partial charge in [0, 0.05) is 10.7 Å². The fourth-order valence-corrected chi connectivity index (χ4v) is 3.15. The van der Waals surface area contributed by atoms with Gasteiger partial charge in [0.05, 0.1) is 12.1 Å². The molecular weight excluding hydrogens is 234 g/mol. The lowest BCUT2D eigenvalue weighted by atomic mass is 9.96. The highest BCUT2D eigenvalue weighted by molar-refractivity contribution is 6.30. The quantitative estimate of drug-likeness (QED) is 0.832. The van der Waals surface area contributed by atoms with Gasteiger partial charge in [-0.1, -0.05) is 24.4 Å². The van der Waals surface area contributed by atoms with E-state index < -0.39 is 0 Å². The molecule has 2 aliphatic rings. The fraction of sp³-hybridized carbons (Fsp3) is 0.462. The molecule has 0 amide bonds. The average molecular weight is 250 g/mol. The highest BCUT2D eigenvalue weighted by Gasteiger charge is 2.44. The molecular formula is C13H16ClN3. The Hall–Kier alpha value is -1.22. The summed E-state index contributed by atoms with van der Waals surface area (Å²) in [6.45, 7) is 0.835. The van der Waals surface area contributed by atoms with Crippen LogP contribution in [-0.4, -0.2) is 18.0 Å². The highest BCUT2D eigenvalue weighted by atomic mass is 35.5. The molecule has 3 nitrogen and oxygen atoms in total. The zero-order valence-electron chi connectivity index (χ0n) is 9.69. The first-order valence-corrected chi connectivity index (χ1v) is 6.45. The molecule has 17 heavy (non-hydrogen) atoms. The number of aliphatic imine (C=N–C) groups is 1. The molecule has 3 rings (SSSR count). The van der Waals surface area contributed by atoms with Gasteiger partial charge in [-0.3, -0.25) is 4.99 Å². The van der Waals surface area contributed by atoms with Crippen LogP contribution in [0.4, 0.5) is 5.69 Å². The van der Waals surface area contributed by atoms with E-state index in [0.29, 0.717) is 5.96 Å². The van der Waals surface area contributed by atoms with Crippen LogP contribution in [0.1, 0.15) is 25.7 Å². The van der Waals surface area contributed by atoms with E-state index in [-0.39, 0.29) is 5.54 Å². The van der Waals surface area contributed by atoms with Crippen LogP contribution in [0.3, 0.4) is 0 Å². The number of hydrogen-bond acceptors (Lipinski definition) is 3. The molecule has 4 heteroatoms. The van der Waals surface area contributed by atoms with E-state index in [2.05, 4.69) is 9.89 Å². The van der Waals surface area contributed by atoms with Crippen LogP contribution in [0.25, 0.3) is 0 Å². The second kappa shape index (κ2) is 3.91. The van der Waals surface area contributed by atoms with E-state index in [1.54, 1.807) is 0 Å². The van der Waals surface area contributed by atoms with Crippen molar-refractivity contribution in [2.45, 2.75) is 31.2 Å². The molecule has 2 N–H and O–H groups in total. The molecule has 1 spiro atoms. The second-order valence-corrected chi connectivity index (χ2v) is 5.35.